The van der Waals surface area contributed by atoms with Crippen molar-refractivity contribution in [3.05, 3.63) is 10.1 Å². The number of hydrogen-bond donors (Lipinski definition) is 1. The zero-order chi connectivity index (χ0) is 8.85. The van der Waals surface area contributed by atoms with Crippen molar-refractivity contribution in [2.45, 2.75) is 19.4 Å². The summed E-state index contributed by atoms with van der Waals surface area (Å²) in [4.78, 5) is 24.6. The van der Waals surface area contributed by atoms with Gasteiger partial charge in [-0.1, -0.05) is 6.92 Å². The Labute approximate surface area is 63.6 Å². The molecular weight excluding hydrogens is 152 g/mol. The Kier molecular flexibility index (Phi) is 3.94. The van der Waals surface area contributed by atoms with E-state index in [4.69, 9.17) is 0 Å². The summed E-state index contributed by atoms with van der Waals surface area (Å²) >= 11 is 0. The summed E-state index contributed by atoms with van der Waals surface area (Å²) in [5, 5.41) is 11.1. The topological polar surface area (TPSA) is 81.5 Å². The van der Waals surface area contributed by atoms with Crippen LogP contribution in [0.25, 0.3) is 0 Å². The quantitative estimate of drug-likeness (QED) is 0.455. The van der Waals surface area contributed by atoms with Crippen LogP contribution in [-0.4, -0.2) is 24.1 Å². The van der Waals surface area contributed by atoms with Crippen LogP contribution in [0.1, 0.15) is 13.3 Å². The first-order chi connectivity index (χ1) is 5.11. The van der Waals surface area contributed by atoms with E-state index in [1.54, 1.807) is 6.92 Å². The average Bonchev–Trinajstić information content (AvgIpc) is 1.98. The number of rotatable bonds is 4. The van der Waals surface area contributed by atoms with Gasteiger partial charge < -0.3 is 10.2 Å². The number of hydrogen-bond acceptors (Lipinski definition) is 4. The number of likely N-dealkylation sites (N-methyl/N-ethyl adjacent to an activating group) is 1. The molecule has 6 heteroatoms. The molecule has 0 aromatic rings. The fraction of sp³-hybridized carbons (Fsp3) is 0.800. The van der Waals surface area contributed by atoms with Gasteiger partial charge >= 0.3 is 0 Å². The maximum Gasteiger partial charge on any atom is 0.295 e. The van der Waals surface area contributed by atoms with Crippen molar-refractivity contribution in [3.8, 4) is 0 Å². The lowest BCUT2D eigenvalue weighted by atomic mass is 10.3. The van der Waals surface area contributed by atoms with Crippen LogP contribution in [0.4, 0.5) is 0 Å². The molecule has 0 aromatic carbocycles. The third kappa shape index (κ3) is 3.39. The zero-order valence-corrected chi connectivity index (χ0v) is 6.36. The monoisotopic (exact) mass is 162 g/mol. The van der Waals surface area contributed by atoms with E-state index in [2.05, 4.69) is 10.2 Å². The Morgan fingerprint density at radius 2 is 2.36 bits per heavy atom. The highest BCUT2D eigenvalue weighted by molar-refractivity contribution is 5.80. The van der Waals surface area contributed by atoms with Crippen molar-refractivity contribution < 1.29 is 14.7 Å². The highest BCUT2D eigenvalue weighted by atomic mass is 17.0. The van der Waals surface area contributed by atoms with E-state index in [0.717, 1.165) is 0 Å². The molecule has 0 aliphatic rings. The molecule has 11 heavy (non-hydrogen) atoms. The van der Waals surface area contributed by atoms with Crippen LogP contribution < -0.4 is 5.32 Å². The lowest BCUT2D eigenvalue weighted by Crippen LogP contribution is -2.34. The Balaban J connectivity index is 3.94. The number of carbonyl (C=O) groups is 1. The van der Waals surface area contributed by atoms with Gasteiger partial charge in [-0.25, -0.2) is 0 Å². The van der Waals surface area contributed by atoms with Crippen LogP contribution in [0.3, 0.4) is 0 Å². The third-order valence-electron chi connectivity index (χ3n) is 1.12. The Morgan fingerprint density at radius 3 is 2.64 bits per heavy atom. The van der Waals surface area contributed by atoms with Gasteiger partial charge in [-0.15, -0.1) is 10.1 Å². The smallest absolute Gasteiger partial charge is 0.295 e. The van der Waals surface area contributed by atoms with Crippen molar-refractivity contribution in [3.63, 3.8) is 0 Å². The van der Waals surface area contributed by atoms with Crippen LogP contribution in [0.15, 0.2) is 0 Å². The van der Waals surface area contributed by atoms with E-state index in [1.165, 1.54) is 7.05 Å². The molecule has 64 valence electrons. The van der Waals surface area contributed by atoms with E-state index in [0.29, 0.717) is 0 Å². The molecular formula is C5H10N2O4. The number of nitrogens with zero attached hydrogens (tertiary/aromatic N) is 1. The van der Waals surface area contributed by atoms with Crippen LogP contribution in [0, 0.1) is 10.1 Å². The van der Waals surface area contributed by atoms with Gasteiger partial charge in [0.05, 0.1) is 0 Å². The summed E-state index contributed by atoms with van der Waals surface area (Å²) in [5.41, 5.74) is 0. The third-order valence-corrected chi connectivity index (χ3v) is 1.12. The normalized spacial score (nSPS) is 11.8. The van der Waals surface area contributed by atoms with E-state index in [9.17, 15) is 14.9 Å². The molecule has 1 N–H and O–H groups in total. The van der Waals surface area contributed by atoms with Crippen LogP contribution in [0.5, 0.6) is 0 Å². The molecule has 1 amide bonds. The molecule has 0 spiro atoms. The molecule has 0 saturated carbocycles. The Bertz CT molecular complexity index is 159. The zero-order valence-electron chi connectivity index (χ0n) is 6.36. The number of carbonyl (C=O) groups excluding carboxylic acids is 1. The van der Waals surface area contributed by atoms with Crippen LogP contribution in [0.2, 0.25) is 0 Å². The minimum absolute atomic E-state index is 0.278. The minimum Gasteiger partial charge on any atom is -0.357 e. The number of nitrogens with one attached hydrogen (secondary N) is 1. The van der Waals surface area contributed by atoms with Crippen molar-refractivity contribution in [2.75, 3.05) is 7.05 Å². The van der Waals surface area contributed by atoms with E-state index in [-0.39, 0.29) is 6.42 Å². The lowest BCUT2D eigenvalue weighted by molar-refractivity contribution is -0.764. The fourth-order valence-electron chi connectivity index (χ4n) is 0.573. The molecule has 0 fully saturated rings. The SMILES string of the molecule is CCC(O[N+](=O)[O-])C(=O)NC. The second-order valence-electron chi connectivity index (χ2n) is 1.84. The molecule has 1 unspecified atom stereocenters. The van der Waals surface area contributed by atoms with E-state index in [1.807, 2.05) is 0 Å². The minimum atomic E-state index is -0.991. The summed E-state index contributed by atoms with van der Waals surface area (Å²) in [5.74, 6) is -0.482. The van der Waals surface area contributed by atoms with Gasteiger partial charge in [0.2, 0.25) is 5.91 Å². The summed E-state index contributed by atoms with van der Waals surface area (Å²) in [6, 6.07) is 0. The molecule has 1 atom stereocenters. The molecule has 0 heterocycles. The van der Waals surface area contributed by atoms with Crippen LogP contribution in [-0.2, 0) is 9.63 Å². The second-order valence-corrected chi connectivity index (χ2v) is 1.84. The first kappa shape index (κ1) is 9.67. The van der Waals surface area contributed by atoms with Gasteiger partial charge in [-0.3, -0.25) is 4.79 Å². The standard InChI is InChI=1S/C5H10N2O4/c1-3-4(5(8)6-2)11-7(9)10/h4H,3H2,1-2H3,(H,6,8). The summed E-state index contributed by atoms with van der Waals surface area (Å²) < 4.78 is 0. The summed E-state index contributed by atoms with van der Waals surface area (Å²) in [7, 11) is 1.40. The average molecular weight is 162 g/mol. The molecule has 0 aromatic heterocycles. The first-order valence-corrected chi connectivity index (χ1v) is 3.14. The van der Waals surface area contributed by atoms with Gasteiger partial charge in [0.25, 0.3) is 5.09 Å². The van der Waals surface area contributed by atoms with Gasteiger partial charge in [0.1, 0.15) is 0 Å². The van der Waals surface area contributed by atoms with Crippen molar-refractivity contribution in [1.29, 1.82) is 0 Å². The van der Waals surface area contributed by atoms with Crippen molar-refractivity contribution in [2.24, 2.45) is 0 Å². The van der Waals surface area contributed by atoms with Gasteiger partial charge in [-0.2, -0.15) is 0 Å². The second kappa shape index (κ2) is 4.48. The first-order valence-electron chi connectivity index (χ1n) is 3.14. The molecule has 0 bridgehead atoms. The summed E-state index contributed by atoms with van der Waals surface area (Å²) in [6.45, 7) is 1.63. The predicted molar refractivity (Wildman–Crippen MR) is 36.2 cm³/mol. The highest BCUT2D eigenvalue weighted by Crippen LogP contribution is 1.97. The molecule has 0 aliphatic carbocycles. The highest BCUT2D eigenvalue weighted by Gasteiger charge is 2.18. The van der Waals surface area contributed by atoms with Gasteiger partial charge in [-0.05, 0) is 6.42 Å². The molecule has 0 radical (unpaired) electrons. The predicted octanol–water partition coefficient (Wildman–Crippen LogP) is -0.281. The lowest BCUT2D eigenvalue weighted by Gasteiger charge is -2.09. The maximum atomic E-state index is 10.7. The molecule has 0 rings (SSSR count). The largest absolute Gasteiger partial charge is 0.357 e. The molecule has 6 nitrogen and oxygen atoms in total. The van der Waals surface area contributed by atoms with E-state index < -0.39 is 17.1 Å². The maximum absolute atomic E-state index is 10.7. The Morgan fingerprint density at radius 1 is 1.82 bits per heavy atom. The molecule has 0 aliphatic heterocycles. The van der Waals surface area contributed by atoms with Crippen LogP contribution >= 0.6 is 0 Å². The van der Waals surface area contributed by atoms with Crippen molar-refractivity contribution in [1.82, 2.24) is 5.32 Å². The van der Waals surface area contributed by atoms with E-state index >= 15 is 0 Å². The van der Waals surface area contributed by atoms with Gasteiger partial charge in [0.15, 0.2) is 6.10 Å². The van der Waals surface area contributed by atoms with Crippen molar-refractivity contribution >= 4 is 5.91 Å². The van der Waals surface area contributed by atoms with Gasteiger partial charge in [0, 0.05) is 7.05 Å². The summed E-state index contributed by atoms with van der Waals surface area (Å²) in [6.07, 6.45) is -0.712. The number of amides is 1. The molecule has 0 saturated heterocycles. The fourth-order valence-corrected chi connectivity index (χ4v) is 0.573. The Hall–Kier alpha value is -1.33.